The minimum atomic E-state index is 0.188. The molecule has 0 nitrogen and oxygen atoms in total. The van der Waals surface area contributed by atoms with E-state index in [0.29, 0.717) is 5.92 Å². The maximum absolute atomic E-state index is 6.60. The molecule has 0 saturated heterocycles. The van der Waals surface area contributed by atoms with E-state index in [4.69, 9.17) is 11.6 Å². The zero-order valence-corrected chi connectivity index (χ0v) is 12.1. The van der Waals surface area contributed by atoms with Crippen molar-refractivity contribution in [3.8, 4) is 0 Å². The Balaban J connectivity index is 1.76. The maximum Gasteiger partial charge on any atom is 0.0622 e. The molecule has 2 aromatic rings. The summed E-state index contributed by atoms with van der Waals surface area (Å²) in [5.41, 5.74) is 2.78. The molecule has 0 radical (unpaired) electrons. The molecule has 0 N–H and O–H groups in total. The molecule has 0 amide bonds. The summed E-state index contributed by atoms with van der Waals surface area (Å²) in [4.78, 5) is 2.96. The molecule has 1 aromatic heterocycles. The van der Waals surface area contributed by atoms with Crippen molar-refractivity contribution in [1.29, 1.82) is 0 Å². The summed E-state index contributed by atoms with van der Waals surface area (Å²) in [7, 11) is 0. The van der Waals surface area contributed by atoms with Crippen molar-refractivity contribution in [1.82, 2.24) is 0 Å². The number of hydrogen-bond donors (Lipinski definition) is 0. The first-order valence-corrected chi connectivity index (χ1v) is 7.82. The molecule has 1 aliphatic rings. The van der Waals surface area contributed by atoms with Crippen LogP contribution in [0.25, 0.3) is 0 Å². The zero-order chi connectivity index (χ0) is 12.5. The molecule has 0 fully saturated rings. The first-order valence-electron chi connectivity index (χ1n) is 6.57. The van der Waals surface area contributed by atoms with Crippen LogP contribution in [-0.2, 0) is 19.3 Å². The van der Waals surface area contributed by atoms with E-state index in [-0.39, 0.29) is 5.38 Å². The van der Waals surface area contributed by atoms with Gasteiger partial charge in [-0.05, 0) is 48.4 Å². The van der Waals surface area contributed by atoms with Crippen molar-refractivity contribution < 1.29 is 0 Å². The predicted molar refractivity (Wildman–Crippen MR) is 79.6 cm³/mol. The summed E-state index contributed by atoms with van der Waals surface area (Å²) in [6.45, 7) is 2.21. The van der Waals surface area contributed by atoms with Crippen molar-refractivity contribution in [2.24, 2.45) is 5.92 Å². The van der Waals surface area contributed by atoms with Gasteiger partial charge in [0, 0.05) is 9.75 Å². The van der Waals surface area contributed by atoms with E-state index < -0.39 is 0 Å². The van der Waals surface area contributed by atoms with Crippen LogP contribution in [0.3, 0.4) is 0 Å². The molecule has 0 aliphatic heterocycles. The van der Waals surface area contributed by atoms with E-state index >= 15 is 0 Å². The highest BCUT2D eigenvalue weighted by molar-refractivity contribution is 7.11. The zero-order valence-electron chi connectivity index (χ0n) is 10.5. The number of thiophene rings is 1. The van der Waals surface area contributed by atoms with Gasteiger partial charge in [0.25, 0.3) is 0 Å². The van der Waals surface area contributed by atoms with Crippen LogP contribution >= 0.6 is 22.9 Å². The molecule has 2 atom stereocenters. The van der Waals surface area contributed by atoms with Crippen LogP contribution in [0.5, 0.6) is 0 Å². The van der Waals surface area contributed by atoms with Crippen LogP contribution in [0.1, 0.15) is 33.2 Å². The Kier molecular flexibility index (Phi) is 3.45. The summed E-state index contributed by atoms with van der Waals surface area (Å²) in [6, 6.07) is 13.1. The van der Waals surface area contributed by atoms with Gasteiger partial charge in [-0.2, -0.15) is 0 Å². The van der Waals surface area contributed by atoms with E-state index in [1.807, 2.05) is 11.3 Å². The van der Waals surface area contributed by atoms with E-state index in [9.17, 15) is 0 Å². The SMILES string of the molecule is CCc1ccc(CC2Cc3ccccc3C2Cl)s1. The van der Waals surface area contributed by atoms with Crippen molar-refractivity contribution in [2.75, 3.05) is 0 Å². The Hall–Kier alpha value is -0.790. The number of halogens is 1. The molecule has 1 heterocycles. The lowest BCUT2D eigenvalue weighted by Gasteiger charge is -2.12. The number of hydrogen-bond acceptors (Lipinski definition) is 1. The lowest BCUT2D eigenvalue weighted by molar-refractivity contribution is 0.548. The van der Waals surface area contributed by atoms with E-state index in [1.165, 1.54) is 20.9 Å². The van der Waals surface area contributed by atoms with Gasteiger partial charge >= 0.3 is 0 Å². The molecule has 0 bridgehead atoms. The Labute approximate surface area is 118 Å². The van der Waals surface area contributed by atoms with Gasteiger partial charge in [-0.25, -0.2) is 0 Å². The van der Waals surface area contributed by atoms with Crippen LogP contribution in [0.15, 0.2) is 36.4 Å². The van der Waals surface area contributed by atoms with Gasteiger partial charge in [0.1, 0.15) is 0 Å². The molecule has 18 heavy (non-hydrogen) atoms. The molecule has 0 saturated carbocycles. The third-order valence-electron chi connectivity index (χ3n) is 3.78. The van der Waals surface area contributed by atoms with Gasteiger partial charge in [0.05, 0.1) is 5.38 Å². The highest BCUT2D eigenvalue weighted by atomic mass is 35.5. The van der Waals surface area contributed by atoms with Crippen molar-refractivity contribution >= 4 is 22.9 Å². The molecule has 0 spiro atoms. The minimum Gasteiger partial charge on any atom is -0.145 e. The number of rotatable bonds is 3. The Morgan fingerprint density at radius 1 is 1.17 bits per heavy atom. The van der Waals surface area contributed by atoms with Crippen molar-refractivity contribution in [3.05, 3.63) is 57.3 Å². The fourth-order valence-corrected chi connectivity index (χ4v) is 4.23. The second kappa shape index (κ2) is 5.07. The van der Waals surface area contributed by atoms with Gasteiger partial charge in [0.2, 0.25) is 0 Å². The first-order chi connectivity index (χ1) is 8.78. The monoisotopic (exact) mass is 276 g/mol. The fraction of sp³-hybridized carbons (Fsp3) is 0.375. The summed E-state index contributed by atoms with van der Waals surface area (Å²) >= 11 is 8.55. The molecule has 1 aliphatic carbocycles. The molecule has 1 aromatic carbocycles. The van der Waals surface area contributed by atoms with E-state index in [0.717, 1.165) is 19.3 Å². The predicted octanol–water partition coefficient (Wildman–Crippen LogP) is 5.01. The highest BCUT2D eigenvalue weighted by Crippen LogP contribution is 2.42. The molecular formula is C16H17ClS. The Bertz CT molecular complexity index is 544. The van der Waals surface area contributed by atoms with Crippen LogP contribution in [0, 0.1) is 5.92 Å². The van der Waals surface area contributed by atoms with E-state index in [1.54, 1.807) is 0 Å². The second-order valence-corrected chi connectivity index (χ2v) is 6.71. The third-order valence-corrected chi connectivity index (χ3v) is 5.62. The summed E-state index contributed by atoms with van der Waals surface area (Å²) in [6.07, 6.45) is 3.39. The van der Waals surface area contributed by atoms with Crippen molar-refractivity contribution in [3.63, 3.8) is 0 Å². The Morgan fingerprint density at radius 2 is 1.94 bits per heavy atom. The van der Waals surface area contributed by atoms with Gasteiger partial charge in [0.15, 0.2) is 0 Å². The molecule has 94 valence electrons. The van der Waals surface area contributed by atoms with Gasteiger partial charge in [-0.3, -0.25) is 0 Å². The largest absolute Gasteiger partial charge is 0.145 e. The average molecular weight is 277 g/mol. The van der Waals surface area contributed by atoms with Gasteiger partial charge in [-0.1, -0.05) is 31.2 Å². The topological polar surface area (TPSA) is 0 Å². The number of alkyl halides is 1. The quantitative estimate of drug-likeness (QED) is 0.692. The molecule has 2 heteroatoms. The Morgan fingerprint density at radius 3 is 2.67 bits per heavy atom. The van der Waals surface area contributed by atoms with Gasteiger partial charge < -0.3 is 0 Å². The summed E-state index contributed by atoms with van der Waals surface area (Å²) in [5, 5.41) is 0.188. The number of fused-ring (bicyclic) bond motifs is 1. The molecule has 2 unspecified atom stereocenters. The van der Waals surface area contributed by atoms with E-state index in [2.05, 4.69) is 43.3 Å². The van der Waals surface area contributed by atoms with Gasteiger partial charge in [-0.15, -0.1) is 22.9 Å². The first kappa shape index (κ1) is 12.3. The maximum atomic E-state index is 6.60. The normalized spacial score (nSPS) is 22.1. The average Bonchev–Trinajstić information content (AvgIpc) is 2.97. The second-order valence-electron chi connectivity index (χ2n) is 4.99. The van der Waals surface area contributed by atoms with Crippen LogP contribution < -0.4 is 0 Å². The van der Waals surface area contributed by atoms with Crippen LogP contribution in [0.4, 0.5) is 0 Å². The van der Waals surface area contributed by atoms with Crippen LogP contribution in [-0.4, -0.2) is 0 Å². The third kappa shape index (κ3) is 2.22. The summed E-state index contributed by atoms with van der Waals surface area (Å²) < 4.78 is 0. The highest BCUT2D eigenvalue weighted by Gasteiger charge is 2.30. The number of aryl methyl sites for hydroxylation is 1. The minimum absolute atomic E-state index is 0.188. The lowest BCUT2D eigenvalue weighted by Crippen LogP contribution is -2.05. The molecular weight excluding hydrogens is 260 g/mol. The smallest absolute Gasteiger partial charge is 0.0622 e. The lowest BCUT2D eigenvalue weighted by atomic mass is 10.0. The molecule has 3 rings (SSSR count). The standard InChI is InChI=1S/C16H17ClS/c1-2-13-7-8-14(18-13)10-12-9-11-5-3-4-6-15(11)16(12)17/h3-8,12,16H,2,9-10H2,1H3. The number of benzene rings is 1. The van der Waals surface area contributed by atoms with Crippen molar-refractivity contribution in [2.45, 2.75) is 31.6 Å². The summed E-state index contributed by atoms with van der Waals surface area (Å²) in [5.74, 6) is 0.562. The van der Waals surface area contributed by atoms with Crippen LogP contribution in [0.2, 0.25) is 0 Å². The fourth-order valence-electron chi connectivity index (χ4n) is 2.79.